The molecular weight excluding hydrogens is 431 g/mol. The molecule has 0 aliphatic carbocycles. The molecule has 0 atom stereocenters. The first-order chi connectivity index (χ1) is 16.6. The van der Waals surface area contributed by atoms with Crippen molar-refractivity contribution >= 4 is 11.6 Å². The van der Waals surface area contributed by atoms with Gasteiger partial charge in [-0.15, -0.1) is 0 Å². The molecule has 0 saturated carbocycles. The summed E-state index contributed by atoms with van der Waals surface area (Å²) >= 11 is 0. The van der Waals surface area contributed by atoms with Crippen molar-refractivity contribution in [3.63, 3.8) is 0 Å². The van der Waals surface area contributed by atoms with Crippen LogP contribution in [0, 0.1) is 11.7 Å². The molecule has 2 aromatic carbocycles. The third kappa shape index (κ3) is 5.18. The number of likely N-dealkylation sites (tertiary alicyclic amines) is 1. The Morgan fingerprint density at radius 3 is 2.44 bits per heavy atom. The van der Waals surface area contributed by atoms with E-state index in [1.165, 1.54) is 11.6 Å². The number of hydrogen-bond acceptors (Lipinski definition) is 4. The second-order valence-electron chi connectivity index (χ2n) is 9.69. The van der Waals surface area contributed by atoms with Gasteiger partial charge in [-0.05, 0) is 49.0 Å². The smallest absolute Gasteiger partial charge is 0.293 e. The van der Waals surface area contributed by atoms with E-state index in [9.17, 15) is 9.18 Å². The molecule has 3 fully saturated rings. The van der Waals surface area contributed by atoms with Gasteiger partial charge < -0.3 is 14.4 Å². The van der Waals surface area contributed by atoms with E-state index in [2.05, 4.69) is 29.2 Å². The summed E-state index contributed by atoms with van der Waals surface area (Å²) in [5, 5.41) is 0. The Morgan fingerprint density at radius 1 is 1.00 bits per heavy atom. The fourth-order valence-electron chi connectivity index (χ4n) is 5.25. The van der Waals surface area contributed by atoms with Crippen molar-refractivity contribution in [1.29, 1.82) is 0 Å². The quantitative estimate of drug-likeness (QED) is 0.608. The van der Waals surface area contributed by atoms with Crippen LogP contribution in [0.15, 0.2) is 66.4 Å². The molecule has 1 amide bonds. The van der Waals surface area contributed by atoms with E-state index in [4.69, 9.17) is 9.47 Å². The summed E-state index contributed by atoms with van der Waals surface area (Å²) < 4.78 is 26.7. The van der Waals surface area contributed by atoms with Crippen LogP contribution >= 0.6 is 0 Å². The third-order valence-electron chi connectivity index (χ3n) is 7.35. The van der Waals surface area contributed by atoms with Gasteiger partial charge >= 0.3 is 0 Å². The van der Waals surface area contributed by atoms with Crippen LogP contribution in [0.2, 0.25) is 0 Å². The molecule has 1 spiro atoms. The number of halogens is 1. The third-order valence-corrected chi connectivity index (χ3v) is 7.35. The largest absolute Gasteiger partial charge is 0.480 e. The zero-order valence-electron chi connectivity index (χ0n) is 19.6. The number of rotatable bonds is 5. The summed E-state index contributed by atoms with van der Waals surface area (Å²) in [4.78, 5) is 17.5. The summed E-state index contributed by atoms with van der Waals surface area (Å²) in [6, 6.07) is 17.1. The minimum absolute atomic E-state index is 0.242. The monoisotopic (exact) mass is 464 g/mol. The number of ether oxygens (including phenoxy) is 2. The molecule has 180 valence electrons. The number of carbonyl (C=O) groups excluding carboxylic acids is 1. The molecule has 3 aliphatic heterocycles. The Kier molecular flexibility index (Phi) is 6.97. The van der Waals surface area contributed by atoms with Gasteiger partial charge in [-0.2, -0.15) is 0 Å². The molecule has 3 heterocycles. The van der Waals surface area contributed by atoms with Gasteiger partial charge in [-0.25, -0.2) is 4.39 Å². The fraction of sp³-hybridized carbons (Fsp3) is 0.464. The highest BCUT2D eigenvalue weighted by molar-refractivity contribution is 6.05. The van der Waals surface area contributed by atoms with Crippen molar-refractivity contribution in [2.75, 3.05) is 44.3 Å². The van der Waals surface area contributed by atoms with Crippen molar-refractivity contribution in [1.82, 2.24) is 4.90 Å². The maximum Gasteiger partial charge on any atom is 0.293 e. The summed E-state index contributed by atoms with van der Waals surface area (Å²) in [7, 11) is 0. The molecule has 34 heavy (non-hydrogen) atoms. The number of amides is 1. The van der Waals surface area contributed by atoms with Crippen LogP contribution in [0.1, 0.15) is 31.2 Å². The van der Waals surface area contributed by atoms with Crippen LogP contribution in [-0.2, 0) is 20.7 Å². The summed E-state index contributed by atoms with van der Waals surface area (Å²) in [5.41, 5.74) is 1.19. The molecular formula is C28H33FN2O3. The lowest BCUT2D eigenvalue weighted by Gasteiger charge is -2.48. The average Bonchev–Trinajstić information content (AvgIpc) is 2.88. The number of para-hydroxylation sites is 1. The van der Waals surface area contributed by atoms with Gasteiger partial charge in [-0.1, -0.05) is 42.5 Å². The van der Waals surface area contributed by atoms with Gasteiger partial charge in [0, 0.05) is 45.7 Å². The van der Waals surface area contributed by atoms with E-state index in [1.54, 1.807) is 23.1 Å². The topological polar surface area (TPSA) is 42.0 Å². The second-order valence-corrected chi connectivity index (χ2v) is 9.69. The molecule has 0 radical (unpaired) electrons. The highest BCUT2D eigenvalue weighted by atomic mass is 19.1. The Labute approximate surface area is 201 Å². The van der Waals surface area contributed by atoms with Crippen LogP contribution in [0.5, 0.6) is 0 Å². The second kappa shape index (κ2) is 10.3. The van der Waals surface area contributed by atoms with Gasteiger partial charge in [0.2, 0.25) is 0 Å². The summed E-state index contributed by atoms with van der Waals surface area (Å²) in [6.07, 6.45) is 6.36. The zero-order valence-corrected chi connectivity index (χ0v) is 19.6. The SMILES string of the molecule is O=C1C(=CC2CCOCC2)OC2(CCN(CCc3ccccc3)CC2)CN1c1ccccc1F. The first kappa shape index (κ1) is 23.1. The molecule has 3 aliphatic rings. The molecule has 0 bridgehead atoms. The minimum Gasteiger partial charge on any atom is -0.480 e. The Bertz CT molecular complexity index is 1010. The molecule has 6 heteroatoms. The number of allylic oxidation sites excluding steroid dienone is 1. The number of anilines is 1. The maximum absolute atomic E-state index is 14.7. The van der Waals surface area contributed by atoms with E-state index < -0.39 is 5.60 Å². The van der Waals surface area contributed by atoms with Crippen molar-refractivity contribution < 1.29 is 18.7 Å². The lowest BCUT2D eigenvalue weighted by molar-refractivity contribution is -0.131. The first-order valence-electron chi connectivity index (χ1n) is 12.4. The minimum atomic E-state index is -0.490. The van der Waals surface area contributed by atoms with Crippen LogP contribution in [-0.4, -0.2) is 55.8 Å². The molecule has 0 N–H and O–H groups in total. The predicted molar refractivity (Wildman–Crippen MR) is 130 cm³/mol. The van der Waals surface area contributed by atoms with Crippen LogP contribution < -0.4 is 4.90 Å². The van der Waals surface area contributed by atoms with E-state index in [0.717, 1.165) is 51.7 Å². The lowest BCUT2D eigenvalue weighted by Crippen LogP contribution is -2.58. The lowest BCUT2D eigenvalue weighted by atomic mass is 9.88. The van der Waals surface area contributed by atoms with Crippen molar-refractivity contribution in [3.8, 4) is 0 Å². The van der Waals surface area contributed by atoms with Gasteiger partial charge in [0.15, 0.2) is 5.76 Å². The molecule has 0 unspecified atom stereocenters. The van der Waals surface area contributed by atoms with Crippen molar-refractivity contribution in [2.24, 2.45) is 5.92 Å². The summed E-state index contributed by atoms with van der Waals surface area (Å²) in [5.74, 6) is 0.00255. The maximum atomic E-state index is 14.7. The zero-order chi connectivity index (χ0) is 23.4. The number of morpholine rings is 1. The van der Waals surface area contributed by atoms with E-state index >= 15 is 0 Å². The fourth-order valence-corrected chi connectivity index (χ4v) is 5.25. The number of benzene rings is 2. The highest BCUT2D eigenvalue weighted by Gasteiger charge is 2.46. The summed E-state index contributed by atoms with van der Waals surface area (Å²) in [6.45, 7) is 4.57. The number of piperidine rings is 1. The first-order valence-corrected chi connectivity index (χ1v) is 12.4. The number of carbonyl (C=O) groups is 1. The number of nitrogens with zero attached hydrogens (tertiary/aromatic N) is 2. The van der Waals surface area contributed by atoms with Crippen molar-refractivity contribution in [3.05, 3.63) is 77.8 Å². The normalized spacial score (nSPS) is 22.8. The van der Waals surface area contributed by atoms with Crippen molar-refractivity contribution in [2.45, 2.75) is 37.7 Å². The van der Waals surface area contributed by atoms with Gasteiger partial charge in [-0.3, -0.25) is 9.69 Å². The molecule has 3 saturated heterocycles. The van der Waals surface area contributed by atoms with Crippen LogP contribution in [0.4, 0.5) is 10.1 Å². The molecule has 5 nitrogen and oxygen atoms in total. The highest BCUT2D eigenvalue weighted by Crippen LogP contribution is 2.38. The Balaban J connectivity index is 1.33. The van der Waals surface area contributed by atoms with Crippen LogP contribution in [0.25, 0.3) is 0 Å². The van der Waals surface area contributed by atoms with Gasteiger partial charge in [0.25, 0.3) is 5.91 Å². The van der Waals surface area contributed by atoms with E-state index in [-0.39, 0.29) is 17.6 Å². The molecule has 2 aromatic rings. The Morgan fingerprint density at radius 2 is 1.71 bits per heavy atom. The van der Waals surface area contributed by atoms with Crippen LogP contribution in [0.3, 0.4) is 0 Å². The van der Waals surface area contributed by atoms with Gasteiger partial charge in [0.1, 0.15) is 11.4 Å². The standard InChI is InChI=1S/C28H33FN2O3/c29-24-8-4-5-9-25(24)31-21-28(34-26(27(31)32)20-23-11-18-33-19-12-23)13-16-30(17-14-28)15-10-22-6-2-1-3-7-22/h1-9,20,23H,10-19,21H2. The van der Waals surface area contributed by atoms with Gasteiger partial charge in [0.05, 0.1) is 12.2 Å². The predicted octanol–water partition coefficient (Wildman–Crippen LogP) is 4.58. The average molecular weight is 465 g/mol. The van der Waals surface area contributed by atoms with E-state index in [1.807, 2.05) is 12.1 Å². The Hall–Kier alpha value is -2.70. The number of hydrogen-bond donors (Lipinski definition) is 0. The van der Waals surface area contributed by atoms with E-state index in [0.29, 0.717) is 31.2 Å². The molecule has 5 rings (SSSR count). The molecule has 0 aromatic heterocycles.